The van der Waals surface area contributed by atoms with Gasteiger partial charge in [-0.15, -0.1) is 0 Å². The predicted octanol–water partition coefficient (Wildman–Crippen LogP) is 0.453. The summed E-state index contributed by atoms with van der Waals surface area (Å²) in [4.78, 5) is 15.6. The maximum absolute atomic E-state index is 11.4. The molecule has 3 rings (SSSR count). The fourth-order valence-electron chi connectivity index (χ4n) is 2.17. The Morgan fingerprint density at radius 2 is 1.91 bits per heavy atom. The van der Waals surface area contributed by atoms with E-state index in [1.165, 1.54) is 34.9 Å². The number of sulfonamides is 1. The first kappa shape index (κ1) is 15.0. The van der Waals surface area contributed by atoms with Gasteiger partial charge in [-0.2, -0.15) is 0 Å². The second-order valence-corrected chi connectivity index (χ2v) is 6.46. The van der Waals surface area contributed by atoms with Crippen LogP contribution in [0.2, 0.25) is 0 Å². The average molecular weight is 332 g/mol. The molecule has 0 saturated carbocycles. The van der Waals surface area contributed by atoms with E-state index in [0.29, 0.717) is 16.9 Å². The zero-order chi connectivity index (χ0) is 16.8. The van der Waals surface area contributed by atoms with Crippen LogP contribution in [0.15, 0.2) is 47.6 Å². The molecule has 2 aromatic heterocycles. The van der Waals surface area contributed by atoms with Crippen molar-refractivity contribution in [1.82, 2.24) is 9.38 Å². The van der Waals surface area contributed by atoms with Gasteiger partial charge in [-0.25, -0.2) is 18.5 Å². The van der Waals surface area contributed by atoms with Crippen molar-refractivity contribution in [1.29, 1.82) is 0 Å². The lowest BCUT2D eigenvalue weighted by atomic mass is 10.1. The van der Waals surface area contributed by atoms with Crippen molar-refractivity contribution < 1.29 is 18.3 Å². The molecule has 9 heteroatoms. The number of pyridine rings is 1. The maximum Gasteiger partial charge on any atom is 0.252 e. The highest BCUT2D eigenvalue weighted by atomic mass is 32.2. The smallest absolute Gasteiger partial charge is 0.252 e. The number of amides is 1. The molecular weight excluding hydrogens is 320 g/mol. The zero-order valence-electron chi connectivity index (χ0n) is 11.7. The summed E-state index contributed by atoms with van der Waals surface area (Å²) >= 11 is 0. The van der Waals surface area contributed by atoms with Crippen molar-refractivity contribution in [2.45, 2.75) is 4.90 Å². The van der Waals surface area contributed by atoms with E-state index in [9.17, 15) is 18.3 Å². The molecule has 0 fully saturated rings. The molecule has 8 nitrogen and oxygen atoms in total. The Balaban J connectivity index is 2.14. The van der Waals surface area contributed by atoms with Gasteiger partial charge in [0.15, 0.2) is 0 Å². The van der Waals surface area contributed by atoms with E-state index in [4.69, 9.17) is 10.9 Å². The first-order valence-corrected chi connectivity index (χ1v) is 7.95. The first-order chi connectivity index (χ1) is 10.8. The number of aromatic nitrogens is 2. The van der Waals surface area contributed by atoms with E-state index in [0.717, 1.165) is 0 Å². The topological polar surface area (TPSA) is 141 Å². The highest BCUT2D eigenvalue weighted by Crippen LogP contribution is 2.25. The number of nitrogens with zero attached hydrogens (tertiary/aromatic N) is 2. The lowest BCUT2D eigenvalue weighted by Gasteiger charge is -2.02. The number of primary amides is 1. The van der Waals surface area contributed by atoms with Crippen LogP contribution in [0.5, 0.6) is 5.75 Å². The third-order valence-corrected chi connectivity index (χ3v) is 4.21. The van der Waals surface area contributed by atoms with Crippen molar-refractivity contribution in [2.75, 3.05) is 0 Å². The lowest BCUT2D eigenvalue weighted by Crippen LogP contribution is -2.12. The summed E-state index contributed by atoms with van der Waals surface area (Å²) in [5.41, 5.74) is 6.72. The molecule has 0 aliphatic carbocycles. The van der Waals surface area contributed by atoms with Gasteiger partial charge in [0.2, 0.25) is 10.0 Å². The summed E-state index contributed by atoms with van der Waals surface area (Å²) < 4.78 is 24.3. The Bertz CT molecular complexity index is 1040. The summed E-state index contributed by atoms with van der Waals surface area (Å²) in [5, 5.41) is 14.7. The third kappa shape index (κ3) is 2.74. The van der Waals surface area contributed by atoms with E-state index in [1.54, 1.807) is 12.3 Å². The molecule has 3 aromatic rings. The monoisotopic (exact) mass is 332 g/mol. The van der Waals surface area contributed by atoms with Crippen LogP contribution in [0.3, 0.4) is 0 Å². The Hall–Kier alpha value is -2.91. The summed E-state index contributed by atoms with van der Waals surface area (Å²) in [5.74, 6) is -0.980. The second-order valence-electron chi connectivity index (χ2n) is 4.90. The first-order valence-electron chi connectivity index (χ1n) is 6.40. The number of rotatable bonds is 3. The lowest BCUT2D eigenvalue weighted by molar-refractivity contribution is 0.0998. The summed E-state index contributed by atoms with van der Waals surface area (Å²) in [6.45, 7) is 0. The molecule has 0 aliphatic rings. The fraction of sp³-hybridized carbons (Fsp3) is 0. The quantitative estimate of drug-likeness (QED) is 0.638. The minimum absolute atomic E-state index is 0.0234. The Kier molecular flexibility index (Phi) is 3.31. The Morgan fingerprint density at radius 3 is 2.57 bits per heavy atom. The van der Waals surface area contributed by atoms with Crippen LogP contribution < -0.4 is 10.9 Å². The highest BCUT2D eigenvalue weighted by molar-refractivity contribution is 7.89. The zero-order valence-corrected chi connectivity index (χ0v) is 12.5. The van der Waals surface area contributed by atoms with Crippen molar-refractivity contribution in [2.24, 2.45) is 10.9 Å². The van der Waals surface area contributed by atoms with Gasteiger partial charge in [0, 0.05) is 18.0 Å². The molecule has 0 radical (unpaired) electrons. The Morgan fingerprint density at radius 1 is 1.17 bits per heavy atom. The number of hydrogen-bond acceptors (Lipinski definition) is 5. The van der Waals surface area contributed by atoms with Crippen LogP contribution in [0, 0.1) is 0 Å². The minimum atomic E-state index is -3.82. The van der Waals surface area contributed by atoms with Gasteiger partial charge < -0.3 is 15.2 Å². The second kappa shape index (κ2) is 5.07. The number of imidazole rings is 1. The van der Waals surface area contributed by atoms with E-state index < -0.39 is 15.9 Å². The number of aromatic hydroxyl groups is 1. The summed E-state index contributed by atoms with van der Waals surface area (Å²) in [6.07, 6.45) is 2.93. The molecule has 1 aromatic carbocycles. The van der Waals surface area contributed by atoms with E-state index in [1.807, 2.05) is 0 Å². The molecule has 0 saturated heterocycles. The molecule has 0 atom stereocenters. The highest BCUT2D eigenvalue weighted by Gasteiger charge is 2.13. The van der Waals surface area contributed by atoms with Gasteiger partial charge >= 0.3 is 0 Å². The van der Waals surface area contributed by atoms with Crippen LogP contribution in [0.25, 0.3) is 16.9 Å². The molecule has 5 N–H and O–H groups in total. The minimum Gasteiger partial charge on any atom is -0.507 e. The number of carbonyl (C=O) groups is 1. The van der Waals surface area contributed by atoms with E-state index in [-0.39, 0.29) is 16.2 Å². The molecule has 0 unspecified atom stereocenters. The maximum atomic E-state index is 11.4. The standard InChI is InChI=1S/C14H12N4O4S/c15-14(20)10-5-8(1-3-12(10)19)11-7-18-6-9(23(16,21)22)2-4-13(18)17-11/h1-7,19H,(H2,15,20)(H2,16,21,22). The molecule has 118 valence electrons. The number of carbonyl (C=O) groups excluding carboxylic acids is 1. The molecular formula is C14H12N4O4S. The molecule has 23 heavy (non-hydrogen) atoms. The van der Waals surface area contributed by atoms with E-state index >= 15 is 0 Å². The molecule has 0 aliphatic heterocycles. The SMILES string of the molecule is NC(=O)c1cc(-c2cn3cc(S(N)(=O)=O)ccc3n2)ccc1O. The predicted molar refractivity (Wildman–Crippen MR) is 82.2 cm³/mol. The fourth-order valence-corrected chi connectivity index (χ4v) is 2.69. The van der Waals surface area contributed by atoms with Crippen LogP contribution >= 0.6 is 0 Å². The molecule has 0 spiro atoms. The summed E-state index contributed by atoms with van der Waals surface area (Å²) in [7, 11) is -3.82. The van der Waals surface area contributed by atoms with Gasteiger partial charge in [0.25, 0.3) is 5.91 Å². The summed E-state index contributed by atoms with van der Waals surface area (Å²) in [6, 6.07) is 7.20. The number of fused-ring (bicyclic) bond motifs is 1. The number of nitrogens with two attached hydrogens (primary N) is 2. The van der Waals surface area contributed by atoms with Gasteiger partial charge in [-0.1, -0.05) is 0 Å². The van der Waals surface area contributed by atoms with Crippen LogP contribution in [-0.4, -0.2) is 28.8 Å². The average Bonchev–Trinajstić information content (AvgIpc) is 2.89. The van der Waals surface area contributed by atoms with Gasteiger partial charge in [0.05, 0.1) is 16.2 Å². The van der Waals surface area contributed by atoms with Crippen LogP contribution in [-0.2, 0) is 10.0 Å². The van der Waals surface area contributed by atoms with Crippen molar-refractivity contribution in [3.63, 3.8) is 0 Å². The van der Waals surface area contributed by atoms with Crippen molar-refractivity contribution in [3.05, 3.63) is 48.3 Å². The third-order valence-electron chi connectivity index (χ3n) is 3.31. The Labute approximate surface area is 131 Å². The van der Waals surface area contributed by atoms with Gasteiger partial charge in [-0.3, -0.25) is 4.79 Å². The van der Waals surface area contributed by atoms with Crippen LogP contribution in [0.4, 0.5) is 0 Å². The van der Waals surface area contributed by atoms with Gasteiger partial charge in [0.1, 0.15) is 11.4 Å². The number of phenols is 1. The molecule has 1 amide bonds. The number of hydrogen-bond donors (Lipinski definition) is 3. The van der Waals surface area contributed by atoms with Crippen molar-refractivity contribution in [3.8, 4) is 17.0 Å². The number of primary sulfonamides is 1. The van der Waals surface area contributed by atoms with Gasteiger partial charge in [-0.05, 0) is 30.3 Å². The van der Waals surface area contributed by atoms with Crippen molar-refractivity contribution >= 4 is 21.6 Å². The normalized spacial score (nSPS) is 11.7. The number of benzene rings is 1. The largest absolute Gasteiger partial charge is 0.507 e. The van der Waals surface area contributed by atoms with E-state index in [2.05, 4.69) is 4.98 Å². The van der Waals surface area contributed by atoms with Crippen LogP contribution in [0.1, 0.15) is 10.4 Å². The molecule has 0 bridgehead atoms. The molecule has 2 heterocycles.